The van der Waals surface area contributed by atoms with Crippen molar-refractivity contribution in [3.05, 3.63) is 114 Å². The SMILES string of the molecule is CCC(C)(CC)C(=O)/C=C(\O)C(C)(CC)CC.Cc1c[c-]c(-c2nc(C(C)C)nc3c2ccc2cc(-c4ccccc4)ccc23)c2oc3ncccc3c12.[Ir]. The first kappa shape index (κ1) is 41.5. The number of pyridine rings is 1. The molecule has 3 aromatic heterocycles. The van der Waals surface area contributed by atoms with E-state index in [4.69, 9.17) is 14.4 Å². The van der Waals surface area contributed by atoms with E-state index in [0.29, 0.717) is 5.71 Å². The molecule has 1 radical (unpaired) electrons. The Balaban J connectivity index is 0.000000276. The Morgan fingerprint density at radius 3 is 2.16 bits per heavy atom. The van der Waals surface area contributed by atoms with Crippen LogP contribution < -0.4 is 0 Å². The van der Waals surface area contributed by atoms with E-state index in [0.717, 1.165) is 86.4 Å². The fourth-order valence-corrected chi connectivity index (χ4v) is 6.88. The van der Waals surface area contributed by atoms with Crippen LogP contribution in [0.5, 0.6) is 0 Å². The molecule has 0 atom stereocenters. The molecule has 0 bridgehead atoms. The summed E-state index contributed by atoms with van der Waals surface area (Å²) in [4.78, 5) is 26.8. The average Bonchev–Trinajstić information content (AvgIpc) is 3.60. The van der Waals surface area contributed by atoms with E-state index in [1.807, 2.05) is 59.7 Å². The van der Waals surface area contributed by atoms with Gasteiger partial charge in [-0.3, -0.25) is 9.78 Å². The molecule has 7 heteroatoms. The summed E-state index contributed by atoms with van der Waals surface area (Å²) in [6.07, 6.45) is 6.51. The number of nitrogens with zero attached hydrogens (tertiary/aromatic N) is 3. The third-order valence-electron chi connectivity index (χ3n) is 11.7. The fourth-order valence-electron chi connectivity index (χ4n) is 6.88. The average molecular weight is 911 g/mol. The number of fused-ring (bicyclic) bond motifs is 6. The van der Waals surface area contributed by atoms with E-state index in [9.17, 15) is 9.90 Å². The Labute approximate surface area is 338 Å². The number of aliphatic hydroxyl groups is 1. The van der Waals surface area contributed by atoms with Crippen LogP contribution in [0.3, 0.4) is 0 Å². The van der Waals surface area contributed by atoms with Crippen LogP contribution in [0.15, 0.2) is 101 Å². The minimum Gasteiger partial charge on any atom is -0.512 e. The number of rotatable bonds is 10. The van der Waals surface area contributed by atoms with E-state index >= 15 is 0 Å². The molecule has 6 nitrogen and oxygen atoms in total. The van der Waals surface area contributed by atoms with Crippen molar-refractivity contribution in [2.45, 2.75) is 93.9 Å². The molecule has 3 heterocycles. The first-order valence-electron chi connectivity index (χ1n) is 19.3. The molecule has 7 rings (SSSR count). The van der Waals surface area contributed by atoms with Gasteiger partial charge in [0.1, 0.15) is 11.6 Å². The van der Waals surface area contributed by atoms with Crippen molar-refractivity contribution in [2.75, 3.05) is 0 Å². The molecule has 0 aliphatic carbocycles. The van der Waals surface area contributed by atoms with Crippen molar-refractivity contribution in [3.63, 3.8) is 0 Å². The third-order valence-corrected chi connectivity index (χ3v) is 11.7. The van der Waals surface area contributed by atoms with Crippen LogP contribution >= 0.6 is 0 Å². The monoisotopic (exact) mass is 911 g/mol. The summed E-state index contributed by atoms with van der Waals surface area (Å²) >= 11 is 0. The number of aliphatic hydroxyl groups excluding tert-OH is 1. The zero-order valence-electron chi connectivity index (χ0n) is 33.5. The number of carbonyl (C=O) groups is 1. The summed E-state index contributed by atoms with van der Waals surface area (Å²) in [5, 5.41) is 15.4. The first-order chi connectivity index (χ1) is 25.9. The minimum atomic E-state index is -0.337. The van der Waals surface area contributed by atoms with E-state index in [-0.39, 0.29) is 48.4 Å². The largest absolute Gasteiger partial charge is 0.512 e. The number of carbonyl (C=O) groups excluding carboxylic acids is 1. The molecule has 1 N–H and O–H groups in total. The molecular formula is C48H52IrN3O3-. The number of hydrogen-bond acceptors (Lipinski definition) is 6. The number of hydrogen-bond donors (Lipinski definition) is 1. The molecule has 55 heavy (non-hydrogen) atoms. The first-order valence-corrected chi connectivity index (χ1v) is 19.3. The predicted molar refractivity (Wildman–Crippen MR) is 224 cm³/mol. The van der Waals surface area contributed by atoms with Gasteiger partial charge in [0.2, 0.25) is 5.71 Å². The number of ketones is 1. The summed E-state index contributed by atoms with van der Waals surface area (Å²) in [5.74, 6) is 1.26. The van der Waals surface area contributed by atoms with Crippen molar-refractivity contribution in [3.8, 4) is 22.4 Å². The van der Waals surface area contributed by atoms with E-state index in [2.05, 4.69) is 92.5 Å². The van der Waals surface area contributed by atoms with Crippen LogP contribution in [0.1, 0.15) is 98.4 Å². The molecule has 0 saturated heterocycles. The number of aryl methyl sites for hydroxylation is 1. The van der Waals surface area contributed by atoms with Crippen LogP contribution in [-0.4, -0.2) is 25.8 Å². The molecule has 0 fully saturated rings. The molecule has 0 aliphatic rings. The second-order valence-electron chi connectivity index (χ2n) is 15.3. The Hall–Kier alpha value is -4.71. The Bertz CT molecular complexity index is 2490. The van der Waals surface area contributed by atoms with Gasteiger partial charge in [0.15, 0.2) is 5.78 Å². The van der Waals surface area contributed by atoms with Crippen molar-refractivity contribution < 1.29 is 34.4 Å². The Kier molecular flexibility index (Phi) is 12.8. The smallest absolute Gasteiger partial charge is 0.216 e. The van der Waals surface area contributed by atoms with Gasteiger partial charge in [-0.25, -0.2) is 9.97 Å². The number of benzene rings is 4. The summed E-state index contributed by atoms with van der Waals surface area (Å²) in [6.45, 7) is 18.4. The van der Waals surface area contributed by atoms with E-state index in [1.54, 1.807) is 6.20 Å². The van der Waals surface area contributed by atoms with Crippen LogP contribution in [0.25, 0.3) is 66.1 Å². The van der Waals surface area contributed by atoms with Crippen LogP contribution in [0, 0.1) is 23.8 Å². The van der Waals surface area contributed by atoms with Gasteiger partial charge in [-0.15, -0.1) is 17.7 Å². The van der Waals surface area contributed by atoms with Gasteiger partial charge in [0, 0.05) is 65.6 Å². The number of allylic oxidation sites excluding steroid dienone is 2. The number of furan rings is 1. The zero-order chi connectivity index (χ0) is 38.8. The van der Waals surface area contributed by atoms with Gasteiger partial charge in [-0.2, -0.15) is 0 Å². The molecule has 4 aromatic carbocycles. The molecule has 7 aromatic rings. The third kappa shape index (κ3) is 8.01. The molecule has 0 saturated carbocycles. The van der Waals surface area contributed by atoms with E-state index < -0.39 is 0 Å². The second-order valence-corrected chi connectivity index (χ2v) is 15.3. The Morgan fingerprint density at radius 2 is 1.51 bits per heavy atom. The van der Waals surface area contributed by atoms with Crippen molar-refractivity contribution in [2.24, 2.45) is 10.8 Å². The van der Waals surface area contributed by atoms with Crippen LogP contribution in [0.2, 0.25) is 0 Å². The maximum Gasteiger partial charge on any atom is 0.216 e. The topological polar surface area (TPSA) is 89.1 Å². The normalized spacial score (nSPS) is 12.3. The van der Waals surface area contributed by atoms with Crippen molar-refractivity contribution in [1.29, 1.82) is 0 Å². The van der Waals surface area contributed by atoms with Crippen LogP contribution in [0.4, 0.5) is 0 Å². The van der Waals surface area contributed by atoms with Crippen molar-refractivity contribution >= 4 is 49.5 Å². The quantitative estimate of drug-likeness (QED) is 0.0636. The van der Waals surface area contributed by atoms with Crippen LogP contribution in [-0.2, 0) is 24.9 Å². The molecule has 0 spiro atoms. The maximum absolute atomic E-state index is 12.2. The fraction of sp³-hybridized carbons (Fsp3) is 0.333. The molecule has 0 unspecified atom stereocenters. The summed E-state index contributed by atoms with van der Waals surface area (Å²) in [7, 11) is 0. The summed E-state index contributed by atoms with van der Waals surface area (Å²) in [5.41, 5.74) is 6.91. The molecule has 0 amide bonds. The van der Waals surface area contributed by atoms with Gasteiger partial charge in [-0.05, 0) is 65.8 Å². The summed E-state index contributed by atoms with van der Waals surface area (Å²) < 4.78 is 6.32. The molecular weight excluding hydrogens is 859 g/mol. The molecule has 287 valence electrons. The van der Waals surface area contributed by atoms with E-state index in [1.165, 1.54) is 17.2 Å². The predicted octanol–water partition coefficient (Wildman–Crippen LogP) is 13.3. The van der Waals surface area contributed by atoms with Crippen molar-refractivity contribution in [1.82, 2.24) is 15.0 Å². The van der Waals surface area contributed by atoms with Gasteiger partial charge in [-0.1, -0.05) is 128 Å². The molecule has 0 aliphatic heterocycles. The number of aromatic nitrogens is 3. The van der Waals surface area contributed by atoms with Gasteiger partial charge in [0.25, 0.3) is 0 Å². The zero-order valence-corrected chi connectivity index (χ0v) is 35.9. The second kappa shape index (κ2) is 17.0. The van der Waals surface area contributed by atoms with Gasteiger partial charge >= 0.3 is 0 Å². The standard InChI is InChI=1S/C33H24N3O.C15H28O2.Ir/c1-19(2)32-35-29-24-15-12-22(21-8-5-4-6-9-21)18-23(24)13-16-26(29)30(36-32)27-14-11-20(3)28-25-10-7-17-34-33(25)37-31(27)28;1-7-14(5,8-2)12(16)11-13(17)15(6,9-3)10-4;/h4-13,15-19H,1-3H3;11,16H,7-10H2,1-6H3;/q-1;;/b;12-11-;. The van der Waals surface area contributed by atoms with Gasteiger partial charge in [0.05, 0.1) is 11.1 Å². The summed E-state index contributed by atoms with van der Waals surface area (Å²) in [6, 6.07) is 30.9. The minimum absolute atomic E-state index is 0. The Morgan fingerprint density at radius 1 is 0.836 bits per heavy atom. The maximum atomic E-state index is 12.2. The van der Waals surface area contributed by atoms with Gasteiger partial charge < -0.3 is 9.52 Å².